The van der Waals surface area contributed by atoms with Gasteiger partial charge < -0.3 is 10.6 Å². The number of hydrogen-bond acceptors (Lipinski definition) is 4. The van der Waals surface area contributed by atoms with E-state index in [1.165, 1.54) is 13.0 Å². The Hall–Kier alpha value is -2.55. The summed E-state index contributed by atoms with van der Waals surface area (Å²) in [6, 6.07) is 4.67. The van der Waals surface area contributed by atoms with Gasteiger partial charge in [-0.15, -0.1) is 0 Å². The smallest absolute Gasteiger partial charge is 0.293 e. The average Bonchev–Trinajstić information content (AvgIpc) is 2.34. The van der Waals surface area contributed by atoms with Gasteiger partial charge in [0.1, 0.15) is 5.69 Å². The maximum Gasteiger partial charge on any atom is 0.293 e. The van der Waals surface area contributed by atoms with Gasteiger partial charge in [-0.05, 0) is 12.1 Å². The minimum atomic E-state index is -0.467. The van der Waals surface area contributed by atoms with Gasteiger partial charge in [0.15, 0.2) is 0 Å². The van der Waals surface area contributed by atoms with Crippen LogP contribution in [0.1, 0.15) is 12.5 Å². The summed E-state index contributed by atoms with van der Waals surface area (Å²) in [6.07, 6.45) is 0. The molecule has 0 saturated carbocycles. The lowest BCUT2D eigenvalue weighted by molar-refractivity contribution is -0.384. The van der Waals surface area contributed by atoms with Crippen LogP contribution in [0.3, 0.4) is 0 Å². The van der Waals surface area contributed by atoms with Gasteiger partial charge in [0.25, 0.3) is 5.69 Å². The van der Waals surface area contributed by atoms with Gasteiger partial charge >= 0.3 is 0 Å². The minimum absolute atomic E-state index is 0.0242. The third-order valence-electron chi connectivity index (χ3n) is 2.12. The average molecular weight is 247 g/mol. The van der Waals surface area contributed by atoms with E-state index in [9.17, 15) is 14.9 Å². The molecule has 6 heteroatoms. The lowest BCUT2D eigenvalue weighted by Gasteiger charge is -2.01. The van der Waals surface area contributed by atoms with Crippen molar-refractivity contribution in [3.63, 3.8) is 0 Å². The fourth-order valence-electron chi connectivity index (χ4n) is 1.29. The molecule has 0 spiro atoms. The van der Waals surface area contributed by atoms with Crippen LogP contribution in [-0.4, -0.2) is 24.4 Å². The second-order valence-corrected chi connectivity index (χ2v) is 3.45. The normalized spacial score (nSPS) is 9.00. The molecule has 0 radical (unpaired) electrons. The predicted molar refractivity (Wildman–Crippen MR) is 68.2 cm³/mol. The van der Waals surface area contributed by atoms with E-state index < -0.39 is 4.92 Å². The molecule has 0 aliphatic heterocycles. The van der Waals surface area contributed by atoms with Crippen molar-refractivity contribution in [3.8, 4) is 11.8 Å². The number of carbonyl (C=O) groups is 1. The van der Waals surface area contributed by atoms with Crippen molar-refractivity contribution in [3.05, 3.63) is 33.9 Å². The first-order valence-electron chi connectivity index (χ1n) is 5.24. The Balaban J connectivity index is 2.88. The van der Waals surface area contributed by atoms with Crippen LogP contribution in [-0.2, 0) is 4.79 Å². The largest absolute Gasteiger partial charge is 0.383 e. The molecule has 0 atom stereocenters. The SMILES string of the molecule is CNc1ccc(C#CCNC(C)=O)cc1[N+](=O)[O-]. The highest BCUT2D eigenvalue weighted by Gasteiger charge is 2.12. The summed E-state index contributed by atoms with van der Waals surface area (Å²) in [5, 5.41) is 16.1. The molecule has 0 fully saturated rings. The number of nitro benzene ring substituents is 1. The van der Waals surface area contributed by atoms with E-state index in [1.54, 1.807) is 19.2 Å². The van der Waals surface area contributed by atoms with Crippen molar-refractivity contribution in [2.45, 2.75) is 6.92 Å². The molecular formula is C12H13N3O3. The first-order valence-corrected chi connectivity index (χ1v) is 5.24. The van der Waals surface area contributed by atoms with Crippen molar-refractivity contribution in [1.82, 2.24) is 5.32 Å². The van der Waals surface area contributed by atoms with E-state index in [1.807, 2.05) is 0 Å². The summed E-state index contributed by atoms with van der Waals surface area (Å²) in [5.41, 5.74) is 0.947. The van der Waals surface area contributed by atoms with Gasteiger partial charge in [-0.1, -0.05) is 11.8 Å². The van der Waals surface area contributed by atoms with Crippen molar-refractivity contribution in [2.75, 3.05) is 18.9 Å². The Kier molecular flexibility index (Phi) is 4.69. The Morgan fingerprint density at radius 3 is 2.78 bits per heavy atom. The van der Waals surface area contributed by atoms with Crippen LogP contribution < -0.4 is 10.6 Å². The zero-order chi connectivity index (χ0) is 13.5. The molecule has 94 valence electrons. The molecular weight excluding hydrogens is 234 g/mol. The van der Waals surface area contributed by atoms with Gasteiger partial charge in [0.2, 0.25) is 5.91 Å². The quantitative estimate of drug-likeness (QED) is 0.476. The Bertz CT molecular complexity index is 529. The molecule has 1 rings (SSSR count). The first-order chi connectivity index (χ1) is 8.54. The predicted octanol–water partition coefficient (Wildman–Crippen LogP) is 1.12. The highest BCUT2D eigenvalue weighted by atomic mass is 16.6. The summed E-state index contributed by atoms with van der Waals surface area (Å²) in [7, 11) is 1.62. The molecule has 0 unspecified atom stereocenters. The maximum absolute atomic E-state index is 10.8. The third kappa shape index (κ3) is 3.79. The van der Waals surface area contributed by atoms with Crippen molar-refractivity contribution < 1.29 is 9.72 Å². The number of nitrogens with zero attached hydrogens (tertiary/aromatic N) is 1. The second kappa shape index (κ2) is 6.25. The molecule has 0 aromatic heterocycles. The summed E-state index contributed by atoms with van der Waals surface area (Å²) in [4.78, 5) is 21.0. The summed E-state index contributed by atoms with van der Waals surface area (Å²) >= 11 is 0. The maximum atomic E-state index is 10.8. The fourth-order valence-corrected chi connectivity index (χ4v) is 1.29. The fraction of sp³-hybridized carbons (Fsp3) is 0.250. The van der Waals surface area contributed by atoms with Gasteiger partial charge in [-0.3, -0.25) is 14.9 Å². The molecule has 6 nitrogen and oxygen atoms in total. The second-order valence-electron chi connectivity index (χ2n) is 3.45. The van der Waals surface area contributed by atoms with Crippen molar-refractivity contribution >= 4 is 17.3 Å². The number of rotatable bonds is 3. The van der Waals surface area contributed by atoms with E-state index in [-0.39, 0.29) is 18.1 Å². The molecule has 18 heavy (non-hydrogen) atoms. The molecule has 1 aromatic rings. The van der Waals surface area contributed by atoms with Gasteiger partial charge in [0, 0.05) is 25.6 Å². The lowest BCUT2D eigenvalue weighted by Crippen LogP contribution is -2.19. The van der Waals surface area contributed by atoms with Crippen LogP contribution >= 0.6 is 0 Å². The van der Waals surface area contributed by atoms with Crippen LogP contribution in [0, 0.1) is 22.0 Å². The van der Waals surface area contributed by atoms with Gasteiger partial charge in [-0.25, -0.2) is 0 Å². The highest BCUT2D eigenvalue weighted by Crippen LogP contribution is 2.24. The third-order valence-corrected chi connectivity index (χ3v) is 2.12. The highest BCUT2D eigenvalue weighted by molar-refractivity contribution is 5.73. The van der Waals surface area contributed by atoms with Crippen LogP contribution in [0.25, 0.3) is 0 Å². The van der Waals surface area contributed by atoms with Gasteiger partial charge in [-0.2, -0.15) is 0 Å². The van der Waals surface area contributed by atoms with E-state index in [2.05, 4.69) is 22.5 Å². The lowest BCUT2D eigenvalue weighted by atomic mass is 10.2. The number of hydrogen-bond donors (Lipinski definition) is 2. The first kappa shape index (κ1) is 13.5. The van der Waals surface area contributed by atoms with Crippen molar-refractivity contribution in [1.29, 1.82) is 0 Å². The van der Waals surface area contributed by atoms with Crippen LogP contribution in [0.5, 0.6) is 0 Å². The Morgan fingerprint density at radius 2 is 2.22 bits per heavy atom. The van der Waals surface area contributed by atoms with E-state index >= 15 is 0 Å². The molecule has 0 bridgehead atoms. The van der Waals surface area contributed by atoms with Crippen LogP contribution in [0.2, 0.25) is 0 Å². The standard InChI is InChI=1S/C12H13N3O3/c1-9(16)14-7-3-4-10-5-6-11(13-2)12(8-10)15(17)18/h5-6,8,13H,7H2,1-2H3,(H,14,16). The number of benzene rings is 1. The van der Waals surface area contributed by atoms with E-state index in [0.29, 0.717) is 11.3 Å². The topological polar surface area (TPSA) is 84.3 Å². The number of amides is 1. The molecule has 0 heterocycles. The molecule has 2 N–H and O–H groups in total. The monoisotopic (exact) mass is 247 g/mol. The summed E-state index contributed by atoms with van der Waals surface area (Å²) in [6.45, 7) is 1.62. The number of anilines is 1. The number of nitrogens with one attached hydrogen (secondary N) is 2. The van der Waals surface area contributed by atoms with Crippen LogP contribution in [0.15, 0.2) is 18.2 Å². The minimum Gasteiger partial charge on any atom is -0.383 e. The van der Waals surface area contributed by atoms with Crippen molar-refractivity contribution in [2.24, 2.45) is 0 Å². The number of carbonyl (C=O) groups excluding carboxylic acids is 1. The molecule has 0 saturated heterocycles. The zero-order valence-electron chi connectivity index (χ0n) is 10.1. The number of nitro groups is 1. The zero-order valence-corrected chi connectivity index (χ0v) is 10.1. The summed E-state index contributed by atoms with van der Waals surface area (Å²) in [5.74, 6) is 5.30. The van der Waals surface area contributed by atoms with E-state index in [0.717, 1.165) is 0 Å². The van der Waals surface area contributed by atoms with Gasteiger partial charge in [0.05, 0.1) is 11.5 Å². The molecule has 0 aliphatic rings. The molecule has 1 aromatic carbocycles. The Labute approximate surface area is 105 Å². The summed E-state index contributed by atoms with van der Waals surface area (Å²) < 4.78 is 0. The molecule has 0 aliphatic carbocycles. The Morgan fingerprint density at radius 1 is 1.50 bits per heavy atom. The van der Waals surface area contributed by atoms with Crippen LogP contribution in [0.4, 0.5) is 11.4 Å². The molecule has 1 amide bonds. The van der Waals surface area contributed by atoms with E-state index in [4.69, 9.17) is 0 Å².